The number of carbonyl (C=O) groups excluding carboxylic acids is 1. The molecular formula is C10H11O3-. The van der Waals surface area contributed by atoms with E-state index in [1.807, 2.05) is 31.2 Å². The second-order valence-corrected chi connectivity index (χ2v) is 2.83. The maximum atomic E-state index is 9.91. The summed E-state index contributed by atoms with van der Waals surface area (Å²) in [5.74, 6) is 0. The number of benzene rings is 1. The van der Waals surface area contributed by atoms with Crippen LogP contribution >= 0.6 is 0 Å². The summed E-state index contributed by atoms with van der Waals surface area (Å²) in [4.78, 5) is 9.91. The highest BCUT2D eigenvalue weighted by Gasteiger charge is 1.91. The van der Waals surface area contributed by atoms with Crippen LogP contribution in [-0.4, -0.2) is 12.8 Å². The van der Waals surface area contributed by atoms with Gasteiger partial charge in [0.25, 0.3) is 6.16 Å². The van der Waals surface area contributed by atoms with Crippen molar-refractivity contribution in [3.05, 3.63) is 35.4 Å². The smallest absolute Gasteiger partial charge is 0.251 e. The monoisotopic (exact) mass is 179 g/mol. The van der Waals surface area contributed by atoms with Crippen molar-refractivity contribution in [2.24, 2.45) is 0 Å². The Bertz CT molecular complexity index is 277. The second kappa shape index (κ2) is 4.50. The second-order valence-electron chi connectivity index (χ2n) is 2.83. The van der Waals surface area contributed by atoms with Gasteiger partial charge in [-0.2, -0.15) is 0 Å². The Labute approximate surface area is 77.0 Å². The van der Waals surface area contributed by atoms with Gasteiger partial charge >= 0.3 is 0 Å². The van der Waals surface area contributed by atoms with Crippen LogP contribution in [0.25, 0.3) is 0 Å². The molecule has 0 unspecified atom stereocenters. The molecule has 0 amide bonds. The SMILES string of the molecule is Cc1ccc(CCOC(=O)[O-])cc1. The fraction of sp³-hybridized carbons (Fsp3) is 0.300. The molecule has 1 rings (SSSR count). The molecule has 0 spiro atoms. The fourth-order valence-corrected chi connectivity index (χ4v) is 1.01. The first kappa shape index (κ1) is 9.58. The van der Waals surface area contributed by atoms with Crippen molar-refractivity contribution in [3.8, 4) is 0 Å². The van der Waals surface area contributed by atoms with Gasteiger partial charge in [-0.15, -0.1) is 0 Å². The van der Waals surface area contributed by atoms with Gasteiger partial charge in [-0.3, -0.25) is 0 Å². The van der Waals surface area contributed by atoms with Gasteiger partial charge in [0.1, 0.15) is 0 Å². The average Bonchev–Trinajstić information content (AvgIpc) is 2.08. The van der Waals surface area contributed by atoms with E-state index in [9.17, 15) is 9.90 Å². The summed E-state index contributed by atoms with van der Waals surface area (Å²) in [6.07, 6.45) is -0.874. The zero-order valence-corrected chi connectivity index (χ0v) is 7.45. The van der Waals surface area contributed by atoms with Crippen LogP contribution in [0.3, 0.4) is 0 Å². The summed E-state index contributed by atoms with van der Waals surface area (Å²) in [6.45, 7) is 2.16. The van der Waals surface area contributed by atoms with Crippen molar-refractivity contribution in [2.45, 2.75) is 13.3 Å². The van der Waals surface area contributed by atoms with E-state index in [0.29, 0.717) is 6.42 Å². The van der Waals surface area contributed by atoms with Crippen molar-refractivity contribution in [3.63, 3.8) is 0 Å². The maximum absolute atomic E-state index is 9.91. The highest BCUT2D eigenvalue weighted by atomic mass is 16.7. The summed E-state index contributed by atoms with van der Waals surface area (Å²) in [6, 6.07) is 7.87. The number of hydrogen-bond acceptors (Lipinski definition) is 3. The minimum absolute atomic E-state index is 0.158. The van der Waals surface area contributed by atoms with Crippen LogP contribution in [0.4, 0.5) is 4.79 Å². The van der Waals surface area contributed by atoms with Gasteiger partial charge in [-0.05, 0) is 18.9 Å². The van der Waals surface area contributed by atoms with Gasteiger partial charge in [-0.1, -0.05) is 29.8 Å². The van der Waals surface area contributed by atoms with Crippen LogP contribution in [0, 0.1) is 6.92 Å². The normalized spacial score (nSPS) is 9.62. The number of carboxylic acid groups (broad SMARTS) is 1. The lowest BCUT2D eigenvalue weighted by atomic mass is 10.1. The fourth-order valence-electron chi connectivity index (χ4n) is 1.01. The van der Waals surface area contributed by atoms with Crippen molar-refractivity contribution in [2.75, 3.05) is 6.61 Å². The third kappa shape index (κ3) is 3.60. The average molecular weight is 179 g/mol. The first-order valence-corrected chi connectivity index (χ1v) is 4.08. The molecule has 0 aliphatic carbocycles. The molecule has 0 radical (unpaired) electrons. The molecule has 0 saturated carbocycles. The lowest BCUT2D eigenvalue weighted by molar-refractivity contribution is -0.282. The first-order valence-electron chi connectivity index (χ1n) is 4.08. The van der Waals surface area contributed by atoms with Crippen molar-refractivity contribution >= 4 is 6.16 Å². The molecule has 13 heavy (non-hydrogen) atoms. The van der Waals surface area contributed by atoms with Crippen molar-refractivity contribution in [1.82, 2.24) is 0 Å². The quantitative estimate of drug-likeness (QED) is 0.647. The Morgan fingerprint density at radius 2 is 2.00 bits per heavy atom. The summed E-state index contributed by atoms with van der Waals surface area (Å²) < 4.78 is 4.28. The van der Waals surface area contributed by atoms with Gasteiger partial charge in [0.05, 0.1) is 0 Å². The molecule has 1 aromatic rings. The van der Waals surface area contributed by atoms with E-state index in [2.05, 4.69) is 4.74 Å². The lowest BCUT2D eigenvalue weighted by Gasteiger charge is -2.07. The Balaban J connectivity index is 2.37. The van der Waals surface area contributed by atoms with Crippen molar-refractivity contribution < 1.29 is 14.6 Å². The molecule has 0 saturated heterocycles. The zero-order chi connectivity index (χ0) is 9.68. The molecule has 0 heterocycles. The van der Waals surface area contributed by atoms with E-state index in [1.165, 1.54) is 5.56 Å². The van der Waals surface area contributed by atoms with Crippen LogP contribution in [-0.2, 0) is 11.2 Å². The van der Waals surface area contributed by atoms with Crippen LogP contribution < -0.4 is 5.11 Å². The van der Waals surface area contributed by atoms with Gasteiger partial charge < -0.3 is 14.6 Å². The first-order chi connectivity index (χ1) is 6.18. The highest BCUT2D eigenvalue weighted by molar-refractivity contribution is 5.53. The third-order valence-electron chi connectivity index (χ3n) is 1.73. The largest absolute Gasteiger partial charge is 0.549 e. The minimum Gasteiger partial charge on any atom is -0.549 e. The Morgan fingerprint density at radius 3 is 2.54 bits per heavy atom. The molecular weight excluding hydrogens is 168 g/mol. The van der Waals surface area contributed by atoms with E-state index < -0.39 is 6.16 Å². The number of aryl methyl sites for hydroxylation is 1. The zero-order valence-electron chi connectivity index (χ0n) is 7.45. The standard InChI is InChI=1S/C10H12O3/c1-8-2-4-9(5-3-8)6-7-13-10(11)12/h2-5H,6-7H2,1H3,(H,11,12)/p-1. The molecule has 0 aliphatic rings. The molecule has 1 aromatic carbocycles. The topological polar surface area (TPSA) is 49.4 Å². The van der Waals surface area contributed by atoms with Crippen molar-refractivity contribution in [1.29, 1.82) is 0 Å². The molecule has 0 aliphatic heterocycles. The molecule has 0 N–H and O–H groups in total. The summed E-state index contributed by atoms with van der Waals surface area (Å²) >= 11 is 0. The number of hydrogen-bond donors (Lipinski definition) is 0. The van der Waals surface area contributed by atoms with Gasteiger partial charge in [0, 0.05) is 6.61 Å². The van der Waals surface area contributed by atoms with Gasteiger partial charge in [0.15, 0.2) is 0 Å². The summed E-state index contributed by atoms with van der Waals surface area (Å²) in [5, 5.41) is 9.91. The van der Waals surface area contributed by atoms with Crippen LogP contribution in [0.15, 0.2) is 24.3 Å². The molecule has 0 fully saturated rings. The van der Waals surface area contributed by atoms with Gasteiger partial charge in [0.2, 0.25) is 0 Å². The van der Waals surface area contributed by atoms with Crippen LogP contribution in [0.1, 0.15) is 11.1 Å². The van der Waals surface area contributed by atoms with Crippen LogP contribution in [0.2, 0.25) is 0 Å². The lowest BCUT2D eigenvalue weighted by Crippen LogP contribution is -2.24. The molecule has 0 aromatic heterocycles. The summed E-state index contributed by atoms with van der Waals surface area (Å²) in [5.41, 5.74) is 2.25. The number of rotatable bonds is 3. The Morgan fingerprint density at radius 1 is 1.38 bits per heavy atom. The van der Waals surface area contributed by atoms with E-state index in [4.69, 9.17) is 0 Å². The molecule has 0 atom stereocenters. The molecule has 70 valence electrons. The predicted molar refractivity (Wildman–Crippen MR) is 46.2 cm³/mol. The molecule has 3 heteroatoms. The van der Waals surface area contributed by atoms with E-state index >= 15 is 0 Å². The van der Waals surface area contributed by atoms with E-state index in [0.717, 1.165) is 5.56 Å². The Hall–Kier alpha value is -1.51. The summed E-state index contributed by atoms with van der Waals surface area (Å²) in [7, 11) is 0. The minimum atomic E-state index is -1.47. The van der Waals surface area contributed by atoms with E-state index in [1.54, 1.807) is 0 Å². The Kier molecular flexibility index (Phi) is 3.31. The number of carbonyl (C=O) groups is 1. The molecule has 0 bridgehead atoms. The predicted octanol–water partition coefficient (Wildman–Crippen LogP) is 0.897. The maximum Gasteiger partial charge on any atom is 0.251 e. The van der Waals surface area contributed by atoms with Crippen LogP contribution in [0.5, 0.6) is 0 Å². The third-order valence-corrected chi connectivity index (χ3v) is 1.73. The highest BCUT2D eigenvalue weighted by Crippen LogP contribution is 2.03. The van der Waals surface area contributed by atoms with Gasteiger partial charge in [-0.25, -0.2) is 0 Å². The number of ether oxygens (including phenoxy) is 1. The van der Waals surface area contributed by atoms with E-state index in [-0.39, 0.29) is 6.61 Å². The molecule has 3 nitrogen and oxygen atoms in total.